The molecule has 0 fully saturated rings. The van der Waals surface area contributed by atoms with Gasteiger partial charge in [0, 0.05) is 24.9 Å². The summed E-state index contributed by atoms with van der Waals surface area (Å²) < 4.78 is 9.70. The van der Waals surface area contributed by atoms with Crippen LogP contribution in [0, 0.1) is 6.92 Å². The molecule has 26 heavy (non-hydrogen) atoms. The average Bonchev–Trinajstić information content (AvgIpc) is 3.20. The summed E-state index contributed by atoms with van der Waals surface area (Å²) in [5.41, 5.74) is 4.99. The first kappa shape index (κ1) is 16.3. The molecule has 6 nitrogen and oxygen atoms in total. The third kappa shape index (κ3) is 2.94. The lowest BCUT2D eigenvalue weighted by Crippen LogP contribution is -2.05. The van der Waals surface area contributed by atoms with Gasteiger partial charge in [0.1, 0.15) is 12.4 Å². The topological polar surface area (TPSA) is 57.2 Å². The molecule has 132 valence electrons. The van der Waals surface area contributed by atoms with Crippen LogP contribution in [0.15, 0.2) is 48.7 Å². The fourth-order valence-electron chi connectivity index (χ4n) is 3.01. The second-order valence-electron chi connectivity index (χ2n) is 6.25. The van der Waals surface area contributed by atoms with E-state index in [1.54, 1.807) is 0 Å². The molecule has 0 aliphatic heterocycles. The van der Waals surface area contributed by atoms with Crippen LogP contribution in [-0.4, -0.2) is 24.1 Å². The summed E-state index contributed by atoms with van der Waals surface area (Å²) >= 11 is 0. The molecular formula is C20H21N5O. The van der Waals surface area contributed by atoms with Gasteiger partial charge in [-0.25, -0.2) is 14.5 Å². The standard InChI is InChI=1S/C20H21N5O/c1-4-16-14(2)25-18(21-16)10-11-20(23-25)26-13-19-22-17(12-24(19)3)15-8-6-5-7-9-15/h5-12H,4,13H2,1-3H3. The Kier molecular flexibility index (Phi) is 4.16. The Morgan fingerprint density at radius 1 is 1.04 bits per heavy atom. The van der Waals surface area contributed by atoms with Crippen LogP contribution in [0.4, 0.5) is 0 Å². The van der Waals surface area contributed by atoms with Crippen molar-refractivity contribution in [1.82, 2.24) is 24.1 Å². The van der Waals surface area contributed by atoms with Crippen molar-refractivity contribution in [2.45, 2.75) is 26.9 Å². The number of fused-ring (bicyclic) bond motifs is 1. The van der Waals surface area contributed by atoms with Crippen molar-refractivity contribution >= 4 is 5.65 Å². The maximum atomic E-state index is 5.89. The zero-order valence-electron chi connectivity index (χ0n) is 15.2. The molecule has 3 aromatic heterocycles. The van der Waals surface area contributed by atoms with Gasteiger partial charge in [-0.2, -0.15) is 0 Å². The normalized spacial score (nSPS) is 11.2. The van der Waals surface area contributed by atoms with Crippen molar-refractivity contribution in [2.24, 2.45) is 7.05 Å². The number of rotatable bonds is 5. The van der Waals surface area contributed by atoms with Crippen LogP contribution in [-0.2, 0) is 20.1 Å². The number of aromatic nitrogens is 5. The van der Waals surface area contributed by atoms with Gasteiger partial charge in [-0.15, -0.1) is 5.10 Å². The lowest BCUT2D eigenvalue weighted by atomic mass is 10.2. The van der Waals surface area contributed by atoms with Gasteiger partial charge in [0.25, 0.3) is 0 Å². The molecular weight excluding hydrogens is 326 g/mol. The summed E-state index contributed by atoms with van der Waals surface area (Å²) in [6.07, 6.45) is 2.90. The SMILES string of the molecule is CCc1nc2ccc(OCc3nc(-c4ccccc4)cn3C)nn2c1C. The zero-order valence-corrected chi connectivity index (χ0v) is 15.2. The lowest BCUT2D eigenvalue weighted by molar-refractivity contribution is 0.276. The third-order valence-electron chi connectivity index (χ3n) is 4.50. The second kappa shape index (κ2) is 6.63. The molecule has 4 aromatic rings. The van der Waals surface area contributed by atoms with Gasteiger partial charge in [0.2, 0.25) is 5.88 Å². The van der Waals surface area contributed by atoms with Crippen molar-refractivity contribution in [3.8, 4) is 17.1 Å². The van der Waals surface area contributed by atoms with Gasteiger partial charge in [0.05, 0.1) is 17.1 Å². The van der Waals surface area contributed by atoms with Gasteiger partial charge in [-0.3, -0.25) is 0 Å². The molecule has 3 heterocycles. The smallest absolute Gasteiger partial charge is 0.232 e. The van der Waals surface area contributed by atoms with E-state index < -0.39 is 0 Å². The van der Waals surface area contributed by atoms with Gasteiger partial charge >= 0.3 is 0 Å². The molecule has 0 amide bonds. The molecule has 0 aliphatic rings. The van der Waals surface area contributed by atoms with E-state index in [9.17, 15) is 0 Å². The Morgan fingerprint density at radius 2 is 1.85 bits per heavy atom. The maximum Gasteiger partial charge on any atom is 0.232 e. The monoisotopic (exact) mass is 347 g/mol. The minimum Gasteiger partial charge on any atom is -0.468 e. The number of aryl methyl sites for hydroxylation is 3. The molecule has 0 atom stereocenters. The fourth-order valence-corrected chi connectivity index (χ4v) is 3.01. The van der Waals surface area contributed by atoms with Gasteiger partial charge < -0.3 is 9.30 Å². The van der Waals surface area contributed by atoms with Crippen molar-refractivity contribution in [3.05, 3.63) is 65.9 Å². The van der Waals surface area contributed by atoms with E-state index in [1.165, 1.54) is 0 Å². The van der Waals surface area contributed by atoms with Crippen LogP contribution in [0.3, 0.4) is 0 Å². The average molecular weight is 347 g/mol. The first-order valence-corrected chi connectivity index (χ1v) is 8.71. The van der Waals surface area contributed by atoms with Gasteiger partial charge in [0.15, 0.2) is 5.65 Å². The first-order valence-electron chi connectivity index (χ1n) is 8.71. The zero-order chi connectivity index (χ0) is 18.1. The highest BCUT2D eigenvalue weighted by Gasteiger charge is 2.11. The van der Waals surface area contributed by atoms with Crippen LogP contribution in [0.1, 0.15) is 24.1 Å². The number of hydrogen-bond donors (Lipinski definition) is 0. The summed E-state index contributed by atoms with van der Waals surface area (Å²) in [4.78, 5) is 9.25. The van der Waals surface area contributed by atoms with Crippen LogP contribution in [0.2, 0.25) is 0 Å². The minimum atomic E-state index is 0.357. The van der Waals surface area contributed by atoms with E-state index >= 15 is 0 Å². The van der Waals surface area contributed by atoms with Gasteiger partial charge in [-0.05, 0) is 19.4 Å². The van der Waals surface area contributed by atoms with E-state index in [0.717, 1.165) is 40.5 Å². The Hall–Kier alpha value is -3.15. The first-order chi connectivity index (χ1) is 12.7. The van der Waals surface area contributed by atoms with Crippen LogP contribution in [0.25, 0.3) is 16.9 Å². The summed E-state index contributed by atoms with van der Waals surface area (Å²) in [7, 11) is 1.97. The van der Waals surface area contributed by atoms with E-state index in [0.29, 0.717) is 12.5 Å². The van der Waals surface area contributed by atoms with Crippen molar-refractivity contribution in [1.29, 1.82) is 0 Å². The number of hydrogen-bond acceptors (Lipinski definition) is 4. The predicted octanol–water partition coefficient (Wildman–Crippen LogP) is 3.58. The van der Waals surface area contributed by atoms with Crippen LogP contribution in [0.5, 0.6) is 5.88 Å². The van der Waals surface area contributed by atoms with E-state index in [2.05, 4.69) is 34.1 Å². The molecule has 0 radical (unpaired) electrons. The molecule has 0 saturated heterocycles. The predicted molar refractivity (Wildman–Crippen MR) is 100 cm³/mol. The number of benzene rings is 1. The molecule has 6 heteroatoms. The van der Waals surface area contributed by atoms with Crippen molar-refractivity contribution < 1.29 is 4.74 Å². The Bertz CT molecular complexity index is 1050. The summed E-state index contributed by atoms with van der Waals surface area (Å²) in [5.74, 6) is 1.41. The summed E-state index contributed by atoms with van der Waals surface area (Å²) in [5, 5.41) is 4.55. The lowest BCUT2D eigenvalue weighted by Gasteiger charge is -2.06. The Labute approximate surface area is 152 Å². The van der Waals surface area contributed by atoms with Gasteiger partial charge in [-0.1, -0.05) is 37.3 Å². The number of ether oxygens (including phenoxy) is 1. The molecule has 0 aliphatic carbocycles. The molecule has 0 spiro atoms. The maximum absolute atomic E-state index is 5.89. The molecule has 4 rings (SSSR count). The largest absolute Gasteiger partial charge is 0.468 e. The van der Waals surface area contributed by atoms with E-state index in [4.69, 9.17) is 4.74 Å². The summed E-state index contributed by atoms with van der Waals surface area (Å²) in [6.45, 7) is 4.48. The molecule has 0 N–H and O–H groups in total. The van der Waals surface area contributed by atoms with E-state index in [-0.39, 0.29) is 0 Å². The third-order valence-corrected chi connectivity index (χ3v) is 4.50. The Balaban J connectivity index is 1.55. The van der Waals surface area contributed by atoms with Crippen LogP contribution >= 0.6 is 0 Å². The highest BCUT2D eigenvalue weighted by Crippen LogP contribution is 2.19. The highest BCUT2D eigenvalue weighted by atomic mass is 16.5. The number of nitrogens with zero attached hydrogens (tertiary/aromatic N) is 5. The minimum absolute atomic E-state index is 0.357. The van der Waals surface area contributed by atoms with Crippen molar-refractivity contribution in [2.75, 3.05) is 0 Å². The van der Waals surface area contributed by atoms with Crippen LogP contribution < -0.4 is 4.74 Å². The molecule has 1 aromatic carbocycles. The van der Waals surface area contributed by atoms with E-state index in [1.807, 2.05) is 59.6 Å². The molecule has 0 bridgehead atoms. The fraction of sp³-hybridized carbons (Fsp3) is 0.250. The van der Waals surface area contributed by atoms with Crippen molar-refractivity contribution in [3.63, 3.8) is 0 Å². The molecule has 0 unspecified atom stereocenters. The number of imidazole rings is 2. The quantitative estimate of drug-likeness (QED) is 0.554. The molecule has 0 saturated carbocycles. The Morgan fingerprint density at radius 3 is 2.62 bits per heavy atom. The second-order valence-corrected chi connectivity index (χ2v) is 6.25. The summed E-state index contributed by atoms with van der Waals surface area (Å²) in [6, 6.07) is 13.9. The highest BCUT2D eigenvalue weighted by molar-refractivity contribution is 5.58.